The number of nitrogens with one attached hydrogen (secondary N) is 1. The molecule has 0 amide bonds. The summed E-state index contributed by atoms with van der Waals surface area (Å²) in [4.78, 5) is 2.35. The molecule has 0 fully saturated rings. The first-order valence-electron chi connectivity index (χ1n) is 6.53. The topological polar surface area (TPSA) is 50.5 Å². The Hall–Kier alpha value is -1.42. The van der Waals surface area contributed by atoms with Gasteiger partial charge < -0.3 is 20.7 Å². The van der Waals surface area contributed by atoms with Crippen molar-refractivity contribution < 1.29 is 4.74 Å². The second-order valence-corrected chi connectivity index (χ2v) is 4.54. The van der Waals surface area contributed by atoms with E-state index in [0.717, 1.165) is 37.5 Å². The predicted octanol–water partition coefficient (Wildman–Crippen LogP) is 2.42. The zero-order chi connectivity index (χ0) is 13.4. The lowest BCUT2D eigenvalue weighted by Gasteiger charge is -2.15. The fraction of sp³-hybridized carbons (Fsp3) is 0.571. The number of nitrogens with zero attached hydrogens (tertiary/aromatic N) is 1. The van der Waals surface area contributed by atoms with Crippen LogP contribution in [-0.4, -0.2) is 38.7 Å². The number of hydrogen-bond acceptors (Lipinski definition) is 4. The molecule has 0 aliphatic rings. The van der Waals surface area contributed by atoms with Gasteiger partial charge in [-0.05, 0) is 45.1 Å². The lowest BCUT2D eigenvalue weighted by Crippen LogP contribution is -2.22. The van der Waals surface area contributed by atoms with Crippen LogP contribution in [0, 0.1) is 0 Å². The average molecular weight is 251 g/mol. The largest absolute Gasteiger partial charge is 0.495 e. The highest BCUT2D eigenvalue weighted by Crippen LogP contribution is 2.24. The van der Waals surface area contributed by atoms with E-state index in [4.69, 9.17) is 10.5 Å². The highest BCUT2D eigenvalue weighted by Gasteiger charge is 2.01. The minimum Gasteiger partial charge on any atom is -0.495 e. The molecule has 102 valence electrons. The number of rotatable bonds is 8. The maximum atomic E-state index is 5.77. The zero-order valence-corrected chi connectivity index (χ0v) is 11.7. The quantitative estimate of drug-likeness (QED) is 0.550. The van der Waals surface area contributed by atoms with E-state index in [1.54, 1.807) is 7.11 Å². The van der Waals surface area contributed by atoms with E-state index in [1.165, 1.54) is 6.42 Å². The van der Waals surface area contributed by atoms with Gasteiger partial charge >= 0.3 is 0 Å². The third-order valence-electron chi connectivity index (χ3n) is 2.88. The van der Waals surface area contributed by atoms with Crippen molar-refractivity contribution in [3.8, 4) is 5.75 Å². The van der Waals surface area contributed by atoms with Crippen LogP contribution in [0.1, 0.15) is 19.8 Å². The lowest BCUT2D eigenvalue weighted by molar-refractivity contribution is 0.333. The molecule has 0 radical (unpaired) electrons. The van der Waals surface area contributed by atoms with Crippen molar-refractivity contribution in [2.75, 3.05) is 44.8 Å². The van der Waals surface area contributed by atoms with Crippen LogP contribution in [0.5, 0.6) is 5.75 Å². The first kappa shape index (κ1) is 14.6. The summed E-state index contributed by atoms with van der Waals surface area (Å²) in [6.07, 6.45) is 2.34. The third-order valence-corrected chi connectivity index (χ3v) is 2.88. The minimum atomic E-state index is 0.672. The van der Waals surface area contributed by atoms with Gasteiger partial charge in [-0.3, -0.25) is 0 Å². The standard InChI is InChI=1S/C14H25N3O/c1-4-9-17(2)10-5-8-16-12-6-7-13(15)14(11-12)18-3/h6-7,11,16H,4-5,8-10,15H2,1-3H3. The maximum Gasteiger partial charge on any atom is 0.143 e. The summed E-state index contributed by atoms with van der Waals surface area (Å²) >= 11 is 0. The van der Waals surface area contributed by atoms with Gasteiger partial charge in [-0.2, -0.15) is 0 Å². The Morgan fingerprint density at radius 2 is 2.11 bits per heavy atom. The zero-order valence-electron chi connectivity index (χ0n) is 11.7. The number of benzene rings is 1. The summed E-state index contributed by atoms with van der Waals surface area (Å²) in [5.74, 6) is 0.725. The molecule has 1 aromatic rings. The number of ether oxygens (including phenoxy) is 1. The number of nitrogens with two attached hydrogens (primary N) is 1. The van der Waals surface area contributed by atoms with Crippen molar-refractivity contribution in [1.82, 2.24) is 4.90 Å². The molecule has 0 saturated carbocycles. The first-order valence-corrected chi connectivity index (χ1v) is 6.53. The van der Waals surface area contributed by atoms with E-state index < -0.39 is 0 Å². The average Bonchev–Trinajstić information content (AvgIpc) is 2.37. The molecule has 0 bridgehead atoms. The van der Waals surface area contributed by atoms with Crippen LogP contribution < -0.4 is 15.8 Å². The van der Waals surface area contributed by atoms with Gasteiger partial charge in [-0.25, -0.2) is 0 Å². The summed E-state index contributed by atoms with van der Waals surface area (Å²) in [6, 6.07) is 5.78. The van der Waals surface area contributed by atoms with Crippen molar-refractivity contribution >= 4 is 11.4 Å². The predicted molar refractivity (Wildman–Crippen MR) is 78.3 cm³/mol. The van der Waals surface area contributed by atoms with Gasteiger partial charge in [0.15, 0.2) is 0 Å². The highest BCUT2D eigenvalue weighted by molar-refractivity contribution is 5.61. The van der Waals surface area contributed by atoms with Gasteiger partial charge in [0.05, 0.1) is 12.8 Å². The summed E-state index contributed by atoms with van der Waals surface area (Å²) in [5.41, 5.74) is 7.50. The molecule has 1 aromatic carbocycles. The Balaban J connectivity index is 2.31. The molecule has 0 unspecified atom stereocenters. The first-order chi connectivity index (χ1) is 8.67. The minimum absolute atomic E-state index is 0.672. The van der Waals surface area contributed by atoms with Gasteiger partial charge in [0.1, 0.15) is 5.75 Å². The van der Waals surface area contributed by atoms with Crippen LogP contribution in [0.25, 0.3) is 0 Å². The summed E-state index contributed by atoms with van der Waals surface area (Å²) in [7, 11) is 3.80. The Bertz CT molecular complexity index is 355. The lowest BCUT2D eigenvalue weighted by atomic mass is 10.2. The fourth-order valence-corrected chi connectivity index (χ4v) is 1.90. The molecule has 4 heteroatoms. The molecule has 0 spiro atoms. The number of nitrogen functional groups attached to an aromatic ring is 1. The molecule has 18 heavy (non-hydrogen) atoms. The SMILES string of the molecule is CCCN(C)CCCNc1ccc(N)c(OC)c1. The van der Waals surface area contributed by atoms with Crippen LogP contribution in [0.4, 0.5) is 11.4 Å². The Morgan fingerprint density at radius 1 is 1.33 bits per heavy atom. The van der Waals surface area contributed by atoms with Gasteiger partial charge in [0.25, 0.3) is 0 Å². The molecule has 0 atom stereocenters. The van der Waals surface area contributed by atoms with Crippen molar-refractivity contribution in [2.45, 2.75) is 19.8 Å². The van der Waals surface area contributed by atoms with Gasteiger partial charge in [-0.1, -0.05) is 6.92 Å². The van der Waals surface area contributed by atoms with Crippen LogP contribution in [-0.2, 0) is 0 Å². The normalized spacial score (nSPS) is 10.7. The summed E-state index contributed by atoms with van der Waals surface area (Å²) < 4.78 is 5.19. The molecule has 0 saturated heterocycles. The van der Waals surface area contributed by atoms with Crippen molar-refractivity contribution in [2.24, 2.45) is 0 Å². The van der Waals surface area contributed by atoms with Crippen molar-refractivity contribution in [1.29, 1.82) is 0 Å². The van der Waals surface area contributed by atoms with E-state index in [1.807, 2.05) is 18.2 Å². The molecular weight excluding hydrogens is 226 g/mol. The van der Waals surface area contributed by atoms with E-state index in [9.17, 15) is 0 Å². The summed E-state index contributed by atoms with van der Waals surface area (Å²) in [6.45, 7) is 5.44. The second kappa shape index (κ2) is 7.82. The Kier molecular flexibility index (Phi) is 6.36. The third kappa shape index (κ3) is 4.84. The van der Waals surface area contributed by atoms with E-state index in [2.05, 4.69) is 24.2 Å². The van der Waals surface area contributed by atoms with Crippen LogP contribution in [0.2, 0.25) is 0 Å². The molecule has 3 N–H and O–H groups in total. The Labute approximate surface area is 110 Å². The van der Waals surface area contributed by atoms with Crippen LogP contribution in [0.15, 0.2) is 18.2 Å². The number of hydrogen-bond donors (Lipinski definition) is 2. The van der Waals surface area contributed by atoms with Gasteiger partial charge in [-0.15, -0.1) is 0 Å². The van der Waals surface area contributed by atoms with Crippen molar-refractivity contribution in [3.63, 3.8) is 0 Å². The summed E-state index contributed by atoms with van der Waals surface area (Å²) in [5, 5.41) is 3.38. The highest BCUT2D eigenvalue weighted by atomic mass is 16.5. The molecular formula is C14H25N3O. The van der Waals surface area contributed by atoms with Crippen LogP contribution in [0.3, 0.4) is 0 Å². The molecule has 0 aliphatic heterocycles. The molecule has 1 rings (SSSR count). The van der Waals surface area contributed by atoms with Crippen molar-refractivity contribution in [3.05, 3.63) is 18.2 Å². The number of methoxy groups -OCH3 is 1. The monoisotopic (exact) mass is 251 g/mol. The molecule has 0 aliphatic carbocycles. The fourth-order valence-electron chi connectivity index (χ4n) is 1.90. The molecule has 4 nitrogen and oxygen atoms in total. The molecule has 0 aromatic heterocycles. The van der Waals surface area contributed by atoms with E-state index in [-0.39, 0.29) is 0 Å². The maximum absolute atomic E-state index is 5.77. The van der Waals surface area contributed by atoms with E-state index >= 15 is 0 Å². The van der Waals surface area contributed by atoms with Crippen LogP contribution >= 0.6 is 0 Å². The van der Waals surface area contributed by atoms with Gasteiger partial charge in [0, 0.05) is 18.3 Å². The molecule has 0 heterocycles. The van der Waals surface area contributed by atoms with Gasteiger partial charge in [0.2, 0.25) is 0 Å². The smallest absolute Gasteiger partial charge is 0.143 e. The Morgan fingerprint density at radius 3 is 2.78 bits per heavy atom. The number of anilines is 2. The van der Waals surface area contributed by atoms with E-state index in [0.29, 0.717) is 5.69 Å². The second-order valence-electron chi connectivity index (χ2n) is 4.54.